The highest BCUT2D eigenvalue weighted by molar-refractivity contribution is 6.28. The number of amides is 1. The quantitative estimate of drug-likeness (QED) is 0.757. The van der Waals surface area contributed by atoms with Gasteiger partial charge in [-0.2, -0.15) is 4.98 Å². The molecule has 20 heavy (non-hydrogen) atoms. The molecule has 0 saturated heterocycles. The van der Waals surface area contributed by atoms with E-state index in [1.54, 1.807) is 18.1 Å². The third-order valence-electron chi connectivity index (χ3n) is 3.33. The van der Waals surface area contributed by atoms with Crippen LogP contribution < -0.4 is 9.80 Å². The Labute approximate surface area is 121 Å². The maximum absolute atomic E-state index is 12.0. The first-order chi connectivity index (χ1) is 9.66. The van der Waals surface area contributed by atoms with Crippen LogP contribution in [0.25, 0.3) is 0 Å². The van der Waals surface area contributed by atoms with E-state index in [0.717, 1.165) is 5.69 Å². The summed E-state index contributed by atoms with van der Waals surface area (Å²) in [6.45, 7) is 0.563. The number of anilines is 3. The molecule has 0 atom stereocenters. The van der Waals surface area contributed by atoms with E-state index in [0.29, 0.717) is 24.5 Å². The van der Waals surface area contributed by atoms with Gasteiger partial charge in [-0.15, -0.1) is 0 Å². The van der Waals surface area contributed by atoms with Crippen LogP contribution in [0.3, 0.4) is 0 Å². The lowest BCUT2D eigenvalue weighted by molar-refractivity contribution is -0.118. The SMILES string of the molecule is CN1C(=O)CCN(c2ccccc2)c2nc(Cl)ncc21. The number of hydrogen-bond donors (Lipinski definition) is 0. The Balaban J connectivity index is 2.15. The Hall–Kier alpha value is -2.14. The molecule has 1 aliphatic rings. The van der Waals surface area contributed by atoms with Crippen molar-refractivity contribution in [3.05, 3.63) is 41.8 Å². The summed E-state index contributed by atoms with van der Waals surface area (Å²) >= 11 is 5.91. The van der Waals surface area contributed by atoms with Crippen molar-refractivity contribution in [1.82, 2.24) is 9.97 Å². The van der Waals surface area contributed by atoms with Crippen molar-refractivity contribution in [3.8, 4) is 0 Å². The predicted octanol–water partition coefficient (Wildman–Crippen LogP) is 2.63. The Kier molecular flexibility index (Phi) is 3.28. The molecule has 0 bridgehead atoms. The maximum atomic E-state index is 12.0. The van der Waals surface area contributed by atoms with Crippen LogP contribution in [-0.4, -0.2) is 29.5 Å². The summed E-state index contributed by atoms with van der Waals surface area (Å²) < 4.78 is 0. The summed E-state index contributed by atoms with van der Waals surface area (Å²) in [5.74, 6) is 0.695. The van der Waals surface area contributed by atoms with E-state index in [2.05, 4.69) is 9.97 Å². The van der Waals surface area contributed by atoms with Gasteiger partial charge >= 0.3 is 0 Å². The highest BCUT2D eigenvalue weighted by Crippen LogP contribution is 2.35. The van der Waals surface area contributed by atoms with E-state index < -0.39 is 0 Å². The molecule has 0 aliphatic carbocycles. The Morgan fingerprint density at radius 2 is 2.00 bits per heavy atom. The third-order valence-corrected chi connectivity index (χ3v) is 3.51. The van der Waals surface area contributed by atoms with Crippen LogP contribution in [0.1, 0.15) is 6.42 Å². The number of para-hydroxylation sites is 1. The van der Waals surface area contributed by atoms with Gasteiger partial charge in [-0.25, -0.2) is 4.98 Å². The number of carbonyl (C=O) groups is 1. The highest BCUT2D eigenvalue weighted by Gasteiger charge is 2.26. The fourth-order valence-electron chi connectivity index (χ4n) is 2.26. The lowest BCUT2D eigenvalue weighted by atomic mass is 10.2. The van der Waals surface area contributed by atoms with Gasteiger partial charge in [-0.1, -0.05) is 18.2 Å². The topological polar surface area (TPSA) is 49.3 Å². The van der Waals surface area contributed by atoms with Crippen LogP contribution in [0.5, 0.6) is 0 Å². The average molecular weight is 289 g/mol. The number of rotatable bonds is 1. The largest absolute Gasteiger partial charge is 0.324 e. The van der Waals surface area contributed by atoms with Gasteiger partial charge in [-0.3, -0.25) is 4.79 Å². The average Bonchev–Trinajstić information content (AvgIpc) is 2.58. The molecule has 0 fully saturated rings. The van der Waals surface area contributed by atoms with Gasteiger partial charge in [0.05, 0.1) is 6.20 Å². The zero-order valence-electron chi connectivity index (χ0n) is 11.0. The fourth-order valence-corrected chi connectivity index (χ4v) is 2.38. The molecule has 0 saturated carbocycles. The monoisotopic (exact) mass is 288 g/mol. The minimum atomic E-state index is 0.0376. The Bertz CT molecular complexity index is 647. The molecular weight excluding hydrogens is 276 g/mol. The van der Waals surface area contributed by atoms with E-state index in [1.165, 1.54) is 0 Å². The summed E-state index contributed by atoms with van der Waals surface area (Å²) in [5, 5.41) is 0.174. The van der Waals surface area contributed by atoms with Gasteiger partial charge in [0, 0.05) is 25.7 Å². The number of aromatic nitrogens is 2. The first kappa shape index (κ1) is 12.9. The number of halogens is 1. The van der Waals surface area contributed by atoms with Crippen LogP contribution in [0, 0.1) is 0 Å². The van der Waals surface area contributed by atoms with E-state index >= 15 is 0 Å². The molecule has 6 heteroatoms. The number of carbonyl (C=O) groups excluding carboxylic acids is 1. The molecule has 3 rings (SSSR count). The Morgan fingerprint density at radius 3 is 2.75 bits per heavy atom. The zero-order chi connectivity index (χ0) is 14.1. The third kappa shape index (κ3) is 2.20. The predicted molar refractivity (Wildman–Crippen MR) is 78.5 cm³/mol. The van der Waals surface area contributed by atoms with E-state index in [4.69, 9.17) is 11.6 Å². The van der Waals surface area contributed by atoms with Crippen molar-refractivity contribution in [2.75, 3.05) is 23.4 Å². The zero-order valence-corrected chi connectivity index (χ0v) is 11.7. The molecule has 1 amide bonds. The van der Waals surface area contributed by atoms with Gasteiger partial charge < -0.3 is 9.80 Å². The standard InChI is InChI=1S/C14H13ClN4O/c1-18-11-9-16-14(15)17-13(11)19(8-7-12(18)20)10-5-3-2-4-6-10/h2-6,9H,7-8H2,1H3. The van der Waals surface area contributed by atoms with Crippen molar-refractivity contribution in [2.24, 2.45) is 0 Å². The van der Waals surface area contributed by atoms with Gasteiger partial charge in [0.25, 0.3) is 0 Å². The fraction of sp³-hybridized carbons (Fsp3) is 0.214. The minimum Gasteiger partial charge on any atom is -0.324 e. The van der Waals surface area contributed by atoms with Crippen LogP contribution in [0.15, 0.2) is 36.5 Å². The van der Waals surface area contributed by atoms with Crippen molar-refractivity contribution >= 4 is 34.7 Å². The van der Waals surface area contributed by atoms with Crippen LogP contribution >= 0.6 is 11.6 Å². The molecule has 0 spiro atoms. The van der Waals surface area contributed by atoms with Crippen molar-refractivity contribution in [1.29, 1.82) is 0 Å². The number of benzene rings is 1. The lowest BCUT2D eigenvalue weighted by Gasteiger charge is -2.23. The number of hydrogen-bond acceptors (Lipinski definition) is 4. The van der Waals surface area contributed by atoms with Crippen LogP contribution in [-0.2, 0) is 4.79 Å². The summed E-state index contributed by atoms with van der Waals surface area (Å²) in [6, 6.07) is 9.82. The number of fused-ring (bicyclic) bond motifs is 1. The van der Waals surface area contributed by atoms with Crippen LogP contribution in [0.4, 0.5) is 17.2 Å². The van der Waals surface area contributed by atoms with Crippen molar-refractivity contribution in [2.45, 2.75) is 6.42 Å². The smallest absolute Gasteiger partial charge is 0.228 e. The maximum Gasteiger partial charge on any atom is 0.228 e. The van der Waals surface area contributed by atoms with Gasteiger partial charge in [-0.05, 0) is 23.7 Å². The second-order valence-electron chi connectivity index (χ2n) is 4.54. The first-order valence-electron chi connectivity index (χ1n) is 6.28. The van der Waals surface area contributed by atoms with Crippen LogP contribution in [0.2, 0.25) is 5.28 Å². The normalized spacial score (nSPS) is 15.0. The highest BCUT2D eigenvalue weighted by atomic mass is 35.5. The number of nitrogens with zero attached hydrogens (tertiary/aromatic N) is 4. The molecular formula is C14H13ClN4O. The Morgan fingerprint density at radius 1 is 1.25 bits per heavy atom. The first-order valence-corrected chi connectivity index (χ1v) is 6.66. The molecule has 1 aromatic heterocycles. The van der Waals surface area contributed by atoms with Gasteiger partial charge in [0.15, 0.2) is 5.82 Å². The second kappa shape index (κ2) is 5.09. The molecule has 2 heterocycles. The summed E-state index contributed by atoms with van der Waals surface area (Å²) in [5.41, 5.74) is 1.65. The summed E-state index contributed by atoms with van der Waals surface area (Å²) in [6.07, 6.45) is 2.00. The molecule has 0 N–H and O–H groups in total. The molecule has 2 aromatic rings. The van der Waals surface area contributed by atoms with Gasteiger partial charge in [0.2, 0.25) is 11.2 Å². The second-order valence-corrected chi connectivity index (χ2v) is 4.88. The van der Waals surface area contributed by atoms with Crippen molar-refractivity contribution in [3.63, 3.8) is 0 Å². The van der Waals surface area contributed by atoms with Gasteiger partial charge in [0.1, 0.15) is 5.69 Å². The molecule has 1 aromatic carbocycles. The van der Waals surface area contributed by atoms with E-state index in [-0.39, 0.29) is 11.2 Å². The molecule has 0 radical (unpaired) electrons. The molecule has 5 nitrogen and oxygen atoms in total. The summed E-state index contributed by atoms with van der Waals surface area (Å²) in [7, 11) is 1.73. The molecule has 1 aliphatic heterocycles. The molecule has 0 unspecified atom stereocenters. The van der Waals surface area contributed by atoms with Crippen molar-refractivity contribution < 1.29 is 4.79 Å². The summed E-state index contributed by atoms with van der Waals surface area (Å²) in [4.78, 5) is 23.9. The lowest BCUT2D eigenvalue weighted by Crippen LogP contribution is -2.25. The molecule has 102 valence electrons. The van der Waals surface area contributed by atoms with E-state index in [9.17, 15) is 4.79 Å². The minimum absolute atomic E-state index is 0.0376. The van der Waals surface area contributed by atoms with E-state index in [1.807, 2.05) is 35.2 Å².